The predicted octanol–water partition coefficient (Wildman–Crippen LogP) is 4.99. The van der Waals surface area contributed by atoms with Gasteiger partial charge in [-0.1, -0.05) is 67.6 Å². The molecule has 1 aliphatic carbocycles. The minimum Gasteiger partial charge on any atom is -0.326 e. The summed E-state index contributed by atoms with van der Waals surface area (Å²) in [6.07, 6.45) is 4.97. The van der Waals surface area contributed by atoms with Crippen molar-refractivity contribution in [2.75, 3.05) is 12.8 Å². The lowest BCUT2D eigenvalue weighted by Crippen LogP contribution is -2.08. The number of rotatable bonds is 5. The molecule has 0 saturated carbocycles. The molecule has 0 radical (unpaired) electrons. The molecule has 0 fully saturated rings. The zero-order chi connectivity index (χ0) is 15.8. The number of allylic oxidation sites excluding steroid dienone is 2. The average Bonchev–Trinajstić information content (AvgIpc) is 3.42. The summed E-state index contributed by atoms with van der Waals surface area (Å²) in [5.74, 6) is 0.659. The van der Waals surface area contributed by atoms with E-state index >= 15 is 0 Å². The van der Waals surface area contributed by atoms with Gasteiger partial charge in [-0.25, -0.2) is 0 Å². The third-order valence-electron chi connectivity index (χ3n) is 3.47. The fraction of sp³-hybridized carbons (Fsp3) is 0.263. The van der Waals surface area contributed by atoms with E-state index in [2.05, 4.69) is 36.4 Å². The first-order chi connectivity index (χ1) is 10.7. The van der Waals surface area contributed by atoms with Gasteiger partial charge in [-0.15, -0.1) is 0 Å². The molecule has 2 nitrogen and oxygen atoms in total. The van der Waals surface area contributed by atoms with Crippen LogP contribution in [-0.4, -0.2) is 12.8 Å². The van der Waals surface area contributed by atoms with Crippen molar-refractivity contribution in [2.45, 2.75) is 19.8 Å². The van der Waals surface area contributed by atoms with Crippen LogP contribution in [0.25, 0.3) is 0 Å². The van der Waals surface area contributed by atoms with Crippen LogP contribution in [0.15, 0.2) is 72.8 Å². The Labute approximate surface area is 133 Å². The number of hydrogen-bond acceptors (Lipinski definition) is 2. The molecule has 0 amide bonds. The predicted molar refractivity (Wildman–Crippen MR) is 94.2 cm³/mol. The van der Waals surface area contributed by atoms with Crippen LogP contribution in [0, 0.1) is 0 Å². The van der Waals surface area contributed by atoms with Crippen LogP contribution in [0.5, 0.6) is 0 Å². The second-order valence-corrected chi connectivity index (χ2v) is 7.82. The van der Waals surface area contributed by atoms with Crippen LogP contribution in [0.3, 0.4) is 0 Å². The van der Waals surface area contributed by atoms with E-state index in [4.69, 9.17) is 4.52 Å². The molecule has 0 bridgehead atoms. The highest BCUT2D eigenvalue weighted by Crippen LogP contribution is 2.44. The van der Waals surface area contributed by atoms with Gasteiger partial charge in [0.1, 0.15) is 0 Å². The SMILES string of the molecule is C1=CC1c1ccccc1.CCOP(=O)(CC)c1ccccc1. The first-order valence-electron chi connectivity index (χ1n) is 7.72. The van der Waals surface area contributed by atoms with Gasteiger partial charge in [-0.2, -0.15) is 0 Å². The summed E-state index contributed by atoms with van der Waals surface area (Å²) in [6, 6.07) is 19.9. The standard InChI is InChI=1S/C10H15O2P.C9H8/c1-3-12-13(11,4-2)10-8-6-5-7-9-10;1-2-4-8(5-3-1)9-6-7-9/h5-9H,3-4H2,1-2H3;1-7,9H. The zero-order valence-electron chi connectivity index (χ0n) is 13.2. The first kappa shape index (κ1) is 16.7. The van der Waals surface area contributed by atoms with E-state index in [1.165, 1.54) is 5.56 Å². The van der Waals surface area contributed by atoms with E-state index in [0.717, 1.165) is 5.30 Å². The Kier molecular flexibility index (Phi) is 6.18. The van der Waals surface area contributed by atoms with Crippen molar-refractivity contribution in [3.05, 3.63) is 78.4 Å². The quantitative estimate of drug-likeness (QED) is 0.574. The van der Waals surface area contributed by atoms with Crippen molar-refractivity contribution < 1.29 is 9.09 Å². The van der Waals surface area contributed by atoms with E-state index in [0.29, 0.717) is 18.7 Å². The van der Waals surface area contributed by atoms with Gasteiger partial charge < -0.3 is 4.52 Å². The third kappa shape index (κ3) is 4.69. The van der Waals surface area contributed by atoms with Crippen LogP contribution in [0.4, 0.5) is 0 Å². The Morgan fingerprint density at radius 1 is 0.909 bits per heavy atom. The Balaban J connectivity index is 0.000000170. The Hall–Kier alpha value is -1.63. The van der Waals surface area contributed by atoms with Gasteiger partial charge in [0.25, 0.3) is 0 Å². The van der Waals surface area contributed by atoms with Crippen LogP contribution < -0.4 is 5.30 Å². The van der Waals surface area contributed by atoms with E-state index < -0.39 is 7.37 Å². The van der Waals surface area contributed by atoms with E-state index in [1.54, 1.807) is 0 Å². The maximum atomic E-state index is 12.2. The van der Waals surface area contributed by atoms with E-state index in [-0.39, 0.29) is 0 Å². The molecule has 1 unspecified atom stereocenters. The minimum absolute atomic E-state index is 0.500. The molecule has 0 saturated heterocycles. The second-order valence-electron chi connectivity index (χ2n) is 5.06. The maximum absolute atomic E-state index is 12.2. The molecule has 2 aromatic rings. The third-order valence-corrected chi connectivity index (χ3v) is 6.07. The highest BCUT2D eigenvalue weighted by molar-refractivity contribution is 7.66. The lowest BCUT2D eigenvalue weighted by atomic mass is 10.1. The number of benzene rings is 2. The van der Waals surface area contributed by atoms with Gasteiger partial charge in [0.2, 0.25) is 7.37 Å². The molecule has 1 atom stereocenters. The molecule has 0 spiro atoms. The lowest BCUT2D eigenvalue weighted by molar-refractivity contribution is 0.341. The summed E-state index contributed by atoms with van der Waals surface area (Å²) < 4.78 is 17.5. The molecule has 116 valence electrons. The van der Waals surface area contributed by atoms with Crippen molar-refractivity contribution in [1.29, 1.82) is 0 Å². The van der Waals surface area contributed by atoms with Crippen molar-refractivity contribution in [2.24, 2.45) is 0 Å². The summed E-state index contributed by atoms with van der Waals surface area (Å²) in [4.78, 5) is 0. The molecular formula is C19H23O2P. The molecule has 22 heavy (non-hydrogen) atoms. The normalized spacial score (nSPS) is 15.5. The molecule has 2 aromatic carbocycles. The molecule has 0 aliphatic heterocycles. The monoisotopic (exact) mass is 314 g/mol. The number of hydrogen-bond donors (Lipinski definition) is 0. The zero-order valence-corrected chi connectivity index (χ0v) is 14.1. The minimum atomic E-state index is -2.55. The van der Waals surface area contributed by atoms with E-state index in [1.807, 2.05) is 50.2 Å². The van der Waals surface area contributed by atoms with Gasteiger partial charge >= 0.3 is 0 Å². The second kappa shape index (κ2) is 8.12. The highest BCUT2D eigenvalue weighted by atomic mass is 31.2. The first-order valence-corrected chi connectivity index (χ1v) is 9.53. The van der Waals surface area contributed by atoms with Gasteiger partial charge in [0.05, 0.1) is 6.61 Å². The van der Waals surface area contributed by atoms with Crippen LogP contribution in [0.1, 0.15) is 25.3 Å². The van der Waals surface area contributed by atoms with Gasteiger partial charge in [0.15, 0.2) is 0 Å². The summed E-state index contributed by atoms with van der Waals surface area (Å²) >= 11 is 0. The molecule has 1 aliphatic rings. The fourth-order valence-electron chi connectivity index (χ4n) is 2.17. The van der Waals surface area contributed by atoms with Crippen molar-refractivity contribution in [3.8, 4) is 0 Å². The molecule has 3 rings (SSSR count). The van der Waals surface area contributed by atoms with Crippen LogP contribution >= 0.6 is 7.37 Å². The molecule has 0 heterocycles. The molecular weight excluding hydrogens is 291 g/mol. The van der Waals surface area contributed by atoms with Crippen molar-refractivity contribution >= 4 is 12.7 Å². The van der Waals surface area contributed by atoms with E-state index in [9.17, 15) is 4.57 Å². The van der Waals surface area contributed by atoms with Gasteiger partial charge in [-0.05, 0) is 24.6 Å². The fourth-order valence-corrected chi connectivity index (χ4v) is 3.91. The van der Waals surface area contributed by atoms with Crippen LogP contribution in [0.2, 0.25) is 0 Å². The smallest absolute Gasteiger partial charge is 0.231 e. The Morgan fingerprint density at radius 2 is 1.45 bits per heavy atom. The van der Waals surface area contributed by atoms with Gasteiger partial charge in [-0.3, -0.25) is 4.57 Å². The summed E-state index contributed by atoms with van der Waals surface area (Å²) in [5, 5.41) is 0.819. The molecule has 0 N–H and O–H groups in total. The van der Waals surface area contributed by atoms with Crippen LogP contribution in [-0.2, 0) is 9.09 Å². The maximum Gasteiger partial charge on any atom is 0.231 e. The van der Waals surface area contributed by atoms with Crippen molar-refractivity contribution in [1.82, 2.24) is 0 Å². The summed E-state index contributed by atoms with van der Waals surface area (Å²) in [7, 11) is -2.55. The lowest BCUT2D eigenvalue weighted by Gasteiger charge is -2.15. The Morgan fingerprint density at radius 3 is 1.91 bits per heavy atom. The summed E-state index contributed by atoms with van der Waals surface area (Å²) in [5.41, 5.74) is 1.41. The molecule has 3 heteroatoms. The highest BCUT2D eigenvalue weighted by Gasteiger charge is 2.21. The summed E-state index contributed by atoms with van der Waals surface area (Å²) in [6.45, 7) is 4.26. The Bertz CT molecular complexity index is 629. The average molecular weight is 314 g/mol. The molecule has 0 aromatic heterocycles. The largest absolute Gasteiger partial charge is 0.326 e. The van der Waals surface area contributed by atoms with Crippen molar-refractivity contribution in [3.63, 3.8) is 0 Å². The topological polar surface area (TPSA) is 26.3 Å². The van der Waals surface area contributed by atoms with Gasteiger partial charge in [0, 0.05) is 17.4 Å².